The van der Waals surface area contributed by atoms with E-state index in [4.69, 9.17) is 0 Å². The first kappa shape index (κ1) is 14.9. The van der Waals surface area contributed by atoms with Crippen LogP contribution in [0.5, 0.6) is 0 Å². The monoisotopic (exact) mass is 286 g/mol. The van der Waals surface area contributed by atoms with Crippen LogP contribution >= 0.6 is 0 Å². The maximum atomic E-state index is 3.55. The van der Waals surface area contributed by atoms with Crippen LogP contribution in [0.3, 0.4) is 0 Å². The second-order valence-corrected chi connectivity index (χ2v) is 7.23. The van der Waals surface area contributed by atoms with Gasteiger partial charge in [-0.25, -0.2) is 0 Å². The van der Waals surface area contributed by atoms with Gasteiger partial charge in [0.05, 0.1) is 0 Å². The number of rotatable bonds is 4. The summed E-state index contributed by atoms with van der Waals surface area (Å²) in [6.45, 7) is 9.80. The Labute approximate surface area is 129 Å². The third-order valence-electron chi connectivity index (χ3n) is 5.54. The zero-order valence-electron chi connectivity index (χ0n) is 13.6. The smallest absolute Gasteiger partial charge is 0.0376 e. The molecule has 1 saturated heterocycles. The summed E-state index contributed by atoms with van der Waals surface area (Å²) >= 11 is 0. The fraction of sp³-hybridized carbons (Fsp3) is 0.684. The van der Waals surface area contributed by atoms with Gasteiger partial charge in [-0.05, 0) is 68.8 Å². The first-order valence-electron chi connectivity index (χ1n) is 8.79. The van der Waals surface area contributed by atoms with E-state index in [0.717, 1.165) is 18.4 Å². The lowest BCUT2D eigenvalue weighted by Gasteiger charge is -2.22. The van der Waals surface area contributed by atoms with Crippen LogP contribution in [0.1, 0.15) is 51.0 Å². The van der Waals surface area contributed by atoms with Crippen molar-refractivity contribution in [2.45, 2.75) is 45.4 Å². The molecule has 0 saturated carbocycles. The second-order valence-electron chi connectivity index (χ2n) is 7.23. The Bertz CT molecular complexity index is 455. The standard InChI is InChI=1S/C19H30N2/c1-15(2)16-6-5-11-21(12-9-16)13-10-17-14-20-19-8-4-3-7-18(17)19/h3-4,7-8,15-17,20H,5-6,9-14H2,1-2H3. The molecule has 0 spiro atoms. The fourth-order valence-electron chi connectivity index (χ4n) is 4.02. The van der Waals surface area contributed by atoms with E-state index < -0.39 is 0 Å². The van der Waals surface area contributed by atoms with Gasteiger partial charge in [-0.3, -0.25) is 0 Å². The average molecular weight is 286 g/mol. The summed E-state index contributed by atoms with van der Waals surface area (Å²) in [5.74, 6) is 2.52. The van der Waals surface area contributed by atoms with Crippen molar-refractivity contribution in [1.29, 1.82) is 0 Å². The minimum absolute atomic E-state index is 0.713. The van der Waals surface area contributed by atoms with Gasteiger partial charge in [-0.1, -0.05) is 32.0 Å². The Hall–Kier alpha value is -1.02. The lowest BCUT2D eigenvalue weighted by Crippen LogP contribution is -2.27. The van der Waals surface area contributed by atoms with Crippen LogP contribution < -0.4 is 5.32 Å². The van der Waals surface area contributed by atoms with Crippen molar-refractivity contribution in [3.05, 3.63) is 29.8 Å². The van der Waals surface area contributed by atoms with Crippen LogP contribution in [-0.2, 0) is 0 Å². The first-order valence-corrected chi connectivity index (χ1v) is 8.79. The molecule has 0 amide bonds. The topological polar surface area (TPSA) is 15.3 Å². The van der Waals surface area contributed by atoms with E-state index in [9.17, 15) is 0 Å². The number of anilines is 1. The number of likely N-dealkylation sites (tertiary alicyclic amines) is 1. The average Bonchev–Trinajstić information content (AvgIpc) is 2.74. The highest BCUT2D eigenvalue weighted by Gasteiger charge is 2.23. The van der Waals surface area contributed by atoms with Crippen molar-refractivity contribution >= 4 is 5.69 Å². The van der Waals surface area contributed by atoms with Crippen LogP contribution in [0, 0.1) is 11.8 Å². The number of fused-ring (bicyclic) bond motifs is 1. The van der Waals surface area contributed by atoms with Crippen molar-refractivity contribution in [3.63, 3.8) is 0 Å². The summed E-state index contributed by atoms with van der Waals surface area (Å²) in [7, 11) is 0. The zero-order valence-corrected chi connectivity index (χ0v) is 13.6. The maximum absolute atomic E-state index is 3.55. The summed E-state index contributed by atoms with van der Waals surface area (Å²) in [5.41, 5.74) is 2.89. The molecule has 1 aromatic rings. The predicted octanol–water partition coefficient (Wildman–Crippen LogP) is 4.34. The molecular weight excluding hydrogens is 256 g/mol. The van der Waals surface area contributed by atoms with Gasteiger partial charge in [0.1, 0.15) is 0 Å². The van der Waals surface area contributed by atoms with Gasteiger partial charge in [-0.2, -0.15) is 0 Å². The summed E-state index contributed by atoms with van der Waals surface area (Å²) < 4.78 is 0. The van der Waals surface area contributed by atoms with Crippen LogP contribution in [0.15, 0.2) is 24.3 Å². The molecule has 2 nitrogen and oxygen atoms in total. The molecule has 1 fully saturated rings. The van der Waals surface area contributed by atoms with Crippen molar-refractivity contribution in [3.8, 4) is 0 Å². The lowest BCUT2D eigenvalue weighted by molar-refractivity contribution is 0.264. The van der Waals surface area contributed by atoms with Crippen LogP contribution in [0.2, 0.25) is 0 Å². The zero-order chi connectivity index (χ0) is 14.7. The van der Waals surface area contributed by atoms with E-state index in [0.29, 0.717) is 5.92 Å². The van der Waals surface area contributed by atoms with Gasteiger partial charge in [0.25, 0.3) is 0 Å². The summed E-state index contributed by atoms with van der Waals surface area (Å²) in [6.07, 6.45) is 5.53. The van der Waals surface area contributed by atoms with E-state index in [1.54, 1.807) is 0 Å². The summed E-state index contributed by atoms with van der Waals surface area (Å²) in [5, 5.41) is 3.55. The van der Waals surface area contributed by atoms with Gasteiger partial charge in [0, 0.05) is 18.2 Å². The molecule has 1 aromatic carbocycles. The third kappa shape index (κ3) is 3.60. The third-order valence-corrected chi connectivity index (χ3v) is 5.54. The van der Waals surface area contributed by atoms with Crippen LogP contribution in [-0.4, -0.2) is 31.1 Å². The molecule has 0 aliphatic carbocycles. The number of hydrogen-bond acceptors (Lipinski definition) is 2. The van der Waals surface area contributed by atoms with E-state index in [-0.39, 0.29) is 0 Å². The number of nitrogens with one attached hydrogen (secondary N) is 1. The van der Waals surface area contributed by atoms with Crippen LogP contribution in [0.25, 0.3) is 0 Å². The van der Waals surface area contributed by atoms with Crippen LogP contribution in [0.4, 0.5) is 5.69 Å². The second kappa shape index (κ2) is 6.83. The number of nitrogens with zero attached hydrogens (tertiary/aromatic N) is 1. The van der Waals surface area contributed by atoms with Crippen molar-refractivity contribution in [2.75, 3.05) is 31.5 Å². The number of benzene rings is 1. The molecule has 2 aliphatic heterocycles. The Morgan fingerprint density at radius 2 is 2.05 bits per heavy atom. The van der Waals surface area contributed by atoms with Gasteiger partial charge in [-0.15, -0.1) is 0 Å². The predicted molar refractivity (Wildman–Crippen MR) is 90.9 cm³/mol. The molecule has 2 heterocycles. The highest BCUT2D eigenvalue weighted by atomic mass is 15.1. The molecule has 1 N–H and O–H groups in total. The molecule has 0 radical (unpaired) electrons. The molecule has 2 heteroatoms. The molecular formula is C19H30N2. The van der Waals surface area contributed by atoms with Crippen molar-refractivity contribution < 1.29 is 0 Å². The Morgan fingerprint density at radius 3 is 2.90 bits per heavy atom. The molecule has 2 aliphatic rings. The molecule has 21 heavy (non-hydrogen) atoms. The summed E-state index contributed by atoms with van der Waals surface area (Å²) in [4.78, 5) is 2.71. The largest absolute Gasteiger partial charge is 0.384 e. The fourth-order valence-corrected chi connectivity index (χ4v) is 4.02. The molecule has 2 unspecified atom stereocenters. The molecule has 3 rings (SSSR count). The molecule has 116 valence electrons. The Kier molecular flexibility index (Phi) is 4.84. The van der Waals surface area contributed by atoms with Gasteiger partial charge < -0.3 is 10.2 Å². The minimum atomic E-state index is 0.713. The van der Waals surface area contributed by atoms with Gasteiger partial charge in [0.2, 0.25) is 0 Å². The highest BCUT2D eigenvalue weighted by Crippen LogP contribution is 2.33. The van der Waals surface area contributed by atoms with Gasteiger partial charge in [0.15, 0.2) is 0 Å². The number of para-hydroxylation sites is 1. The molecule has 0 bridgehead atoms. The molecule has 2 atom stereocenters. The maximum Gasteiger partial charge on any atom is 0.0376 e. The first-order chi connectivity index (χ1) is 10.2. The highest BCUT2D eigenvalue weighted by molar-refractivity contribution is 5.57. The summed E-state index contributed by atoms with van der Waals surface area (Å²) in [6, 6.07) is 8.83. The van der Waals surface area contributed by atoms with Crippen molar-refractivity contribution in [1.82, 2.24) is 4.90 Å². The lowest BCUT2D eigenvalue weighted by atomic mass is 9.89. The van der Waals surface area contributed by atoms with E-state index in [1.165, 1.54) is 56.6 Å². The Morgan fingerprint density at radius 1 is 1.19 bits per heavy atom. The van der Waals surface area contributed by atoms with E-state index in [2.05, 4.69) is 48.3 Å². The molecule has 0 aromatic heterocycles. The normalized spacial score (nSPS) is 26.4. The van der Waals surface area contributed by atoms with E-state index in [1.807, 2.05) is 0 Å². The SMILES string of the molecule is CC(C)C1CCCN(CCC2CNc3ccccc32)CC1. The van der Waals surface area contributed by atoms with Crippen molar-refractivity contribution in [2.24, 2.45) is 11.8 Å². The Balaban J connectivity index is 1.50. The number of hydrogen-bond donors (Lipinski definition) is 1. The quantitative estimate of drug-likeness (QED) is 0.885. The minimum Gasteiger partial charge on any atom is -0.384 e. The van der Waals surface area contributed by atoms with E-state index >= 15 is 0 Å². The van der Waals surface area contributed by atoms with Gasteiger partial charge >= 0.3 is 0 Å².